The first-order chi connectivity index (χ1) is 14.0. The van der Waals surface area contributed by atoms with Crippen LogP contribution in [0.25, 0.3) is 0 Å². The first-order valence-corrected chi connectivity index (χ1v) is 10.9. The zero-order valence-electron chi connectivity index (χ0n) is 19.7. The molecule has 1 aliphatic rings. The molecule has 2 heteroatoms. The van der Waals surface area contributed by atoms with Gasteiger partial charge in [0.15, 0.2) is 0 Å². The molecule has 168 valence electrons. The lowest BCUT2D eigenvalue weighted by Gasteiger charge is -2.34. The van der Waals surface area contributed by atoms with Crippen molar-refractivity contribution in [2.75, 3.05) is 38.1 Å². The van der Waals surface area contributed by atoms with Crippen molar-refractivity contribution in [3.05, 3.63) is 65.7 Å². The van der Waals surface area contributed by atoms with Crippen LogP contribution in [0.1, 0.15) is 71.9 Å². The molecule has 0 aromatic heterocycles. The van der Waals surface area contributed by atoms with Crippen molar-refractivity contribution in [2.45, 2.75) is 60.8 Å². The van der Waals surface area contributed by atoms with Gasteiger partial charge in [0.1, 0.15) is 0 Å². The molecule has 0 atom stereocenters. The van der Waals surface area contributed by atoms with Crippen LogP contribution in [0.3, 0.4) is 0 Å². The molecule has 3 rings (SSSR count). The Hall–Kier alpha value is -2.24. The van der Waals surface area contributed by atoms with E-state index in [9.17, 15) is 0 Å². The largest absolute Gasteiger partial charge is 0.369 e. The maximum absolute atomic E-state index is 4.00. The molecule has 0 N–H and O–H groups in total. The predicted octanol–water partition coefficient (Wildman–Crippen LogP) is 7.28. The molecule has 2 nitrogen and oxygen atoms in total. The summed E-state index contributed by atoms with van der Waals surface area (Å²) >= 11 is 0. The van der Waals surface area contributed by atoms with Crippen molar-refractivity contribution >= 4 is 5.69 Å². The summed E-state index contributed by atoms with van der Waals surface area (Å²) in [6, 6.07) is 19.6. The van der Waals surface area contributed by atoms with Gasteiger partial charge in [-0.3, -0.25) is 0 Å². The van der Waals surface area contributed by atoms with Gasteiger partial charge in [-0.1, -0.05) is 91.4 Å². The van der Waals surface area contributed by atoms with Gasteiger partial charge in [0, 0.05) is 31.9 Å². The average Bonchev–Trinajstić information content (AvgIpc) is 2.78. The van der Waals surface area contributed by atoms with Gasteiger partial charge in [0.25, 0.3) is 0 Å². The second-order valence-electron chi connectivity index (χ2n) is 7.60. The summed E-state index contributed by atoms with van der Waals surface area (Å²) in [5, 5.41) is 0. The fourth-order valence-electron chi connectivity index (χ4n) is 2.97. The Morgan fingerprint density at radius 1 is 0.667 bits per heavy atom. The molecule has 0 unspecified atom stereocenters. The predicted molar refractivity (Wildman–Crippen MR) is 139 cm³/mol. The molecule has 1 saturated heterocycles. The number of piperazine rings is 1. The molecule has 0 aliphatic carbocycles. The summed E-state index contributed by atoms with van der Waals surface area (Å²) in [5.41, 5.74) is 4.22. The molecule has 1 heterocycles. The SMILES string of the molecule is C.C#C.CC.CC(C)c1ccc(N2CCN(C)CC2)cc1.CC(C)c1ccccc1. The molecule has 2 aromatic rings. The fraction of sp³-hybridized carbons (Fsp3) is 0.500. The van der Waals surface area contributed by atoms with Crippen molar-refractivity contribution in [1.29, 1.82) is 0 Å². The van der Waals surface area contributed by atoms with Crippen LogP contribution in [0.5, 0.6) is 0 Å². The highest BCUT2D eigenvalue weighted by molar-refractivity contribution is 5.48. The third-order valence-electron chi connectivity index (χ3n) is 4.89. The van der Waals surface area contributed by atoms with Gasteiger partial charge >= 0.3 is 0 Å². The number of nitrogens with zero attached hydrogens (tertiary/aromatic N) is 2. The van der Waals surface area contributed by atoms with Crippen LogP contribution in [0.15, 0.2) is 54.6 Å². The van der Waals surface area contributed by atoms with Crippen molar-refractivity contribution in [2.24, 2.45) is 0 Å². The summed E-state index contributed by atoms with van der Waals surface area (Å²) in [5.74, 6) is 1.28. The summed E-state index contributed by atoms with van der Waals surface area (Å²) in [6.45, 7) is 17.5. The summed E-state index contributed by atoms with van der Waals surface area (Å²) in [7, 11) is 2.19. The minimum absolute atomic E-state index is 0. The van der Waals surface area contributed by atoms with Crippen LogP contribution in [-0.2, 0) is 0 Å². The summed E-state index contributed by atoms with van der Waals surface area (Å²) < 4.78 is 0. The number of anilines is 1. The highest BCUT2D eigenvalue weighted by atomic mass is 15.2. The Bertz CT molecular complexity index is 633. The molecular formula is C28H46N2. The van der Waals surface area contributed by atoms with Gasteiger partial charge in [0.2, 0.25) is 0 Å². The summed E-state index contributed by atoms with van der Waals surface area (Å²) in [4.78, 5) is 4.86. The van der Waals surface area contributed by atoms with E-state index in [-0.39, 0.29) is 7.43 Å². The highest BCUT2D eigenvalue weighted by Gasteiger charge is 2.13. The fourth-order valence-corrected chi connectivity index (χ4v) is 2.97. The van der Waals surface area contributed by atoms with Crippen LogP contribution < -0.4 is 4.90 Å². The first kappa shape index (κ1) is 30.0. The van der Waals surface area contributed by atoms with Gasteiger partial charge in [-0.15, -0.1) is 12.8 Å². The smallest absolute Gasteiger partial charge is 0.0367 e. The van der Waals surface area contributed by atoms with Crippen LogP contribution in [0, 0.1) is 12.8 Å². The number of rotatable bonds is 3. The van der Waals surface area contributed by atoms with Gasteiger partial charge in [-0.05, 0) is 42.1 Å². The lowest BCUT2D eigenvalue weighted by molar-refractivity contribution is 0.313. The normalized spacial score (nSPS) is 13.0. The quantitative estimate of drug-likeness (QED) is 0.490. The molecule has 0 saturated carbocycles. The second kappa shape index (κ2) is 17.6. The van der Waals surface area contributed by atoms with E-state index >= 15 is 0 Å². The molecule has 0 spiro atoms. The van der Waals surface area contributed by atoms with E-state index in [1.807, 2.05) is 19.9 Å². The van der Waals surface area contributed by atoms with E-state index in [0.717, 1.165) is 13.1 Å². The van der Waals surface area contributed by atoms with Crippen LogP contribution in [-0.4, -0.2) is 38.1 Å². The molecule has 0 radical (unpaired) electrons. The Kier molecular flexibility index (Phi) is 17.6. The Labute approximate surface area is 188 Å². The zero-order chi connectivity index (χ0) is 22.2. The first-order valence-electron chi connectivity index (χ1n) is 10.9. The maximum atomic E-state index is 4.00. The molecule has 30 heavy (non-hydrogen) atoms. The van der Waals surface area contributed by atoms with E-state index in [4.69, 9.17) is 0 Å². The Balaban J connectivity index is 0. The van der Waals surface area contributed by atoms with E-state index in [1.165, 1.54) is 29.9 Å². The summed E-state index contributed by atoms with van der Waals surface area (Å²) in [6.07, 6.45) is 8.00. The molecule has 1 aliphatic heterocycles. The topological polar surface area (TPSA) is 6.48 Å². The lowest BCUT2D eigenvalue weighted by atomic mass is 10.0. The number of likely N-dealkylation sites (N-methyl/N-ethyl adjacent to an activating group) is 1. The maximum Gasteiger partial charge on any atom is 0.0367 e. The Morgan fingerprint density at radius 3 is 1.43 bits per heavy atom. The van der Waals surface area contributed by atoms with Gasteiger partial charge in [-0.2, -0.15) is 0 Å². The Morgan fingerprint density at radius 2 is 1.07 bits per heavy atom. The van der Waals surface area contributed by atoms with Crippen LogP contribution in [0.2, 0.25) is 0 Å². The highest BCUT2D eigenvalue weighted by Crippen LogP contribution is 2.20. The minimum Gasteiger partial charge on any atom is -0.369 e. The molecular weight excluding hydrogens is 364 g/mol. The van der Waals surface area contributed by atoms with Crippen molar-refractivity contribution in [1.82, 2.24) is 4.90 Å². The monoisotopic (exact) mass is 410 g/mol. The number of hydrogen-bond acceptors (Lipinski definition) is 2. The van der Waals surface area contributed by atoms with Crippen molar-refractivity contribution < 1.29 is 0 Å². The van der Waals surface area contributed by atoms with E-state index in [0.29, 0.717) is 11.8 Å². The molecule has 1 fully saturated rings. The van der Waals surface area contributed by atoms with Gasteiger partial charge in [0.05, 0.1) is 0 Å². The molecule has 0 amide bonds. The van der Waals surface area contributed by atoms with Crippen molar-refractivity contribution in [3.8, 4) is 12.8 Å². The minimum atomic E-state index is 0. The third-order valence-corrected chi connectivity index (χ3v) is 4.89. The third kappa shape index (κ3) is 11.1. The number of terminal acetylenes is 1. The van der Waals surface area contributed by atoms with Crippen LogP contribution >= 0.6 is 0 Å². The number of benzene rings is 2. The second-order valence-corrected chi connectivity index (χ2v) is 7.60. The standard InChI is InChI=1S/C14H22N2.C9H12.C2H6.C2H2.CH4/c1-12(2)13-4-6-14(7-5-13)16-10-8-15(3)9-11-16;1-8(2)9-6-4-3-5-7-9;2*1-2;/h4-7,12H,8-11H2,1-3H3;3-8H,1-2H3;1-2H3;1-2H;1H4. The van der Waals surface area contributed by atoms with E-state index in [2.05, 4.69) is 106 Å². The van der Waals surface area contributed by atoms with E-state index < -0.39 is 0 Å². The van der Waals surface area contributed by atoms with Crippen LogP contribution in [0.4, 0.5) is 5.69 Å². The van der Waals surface area contributed by atoms with Crippen molar-refractivity contribution in [3.63, 3.8) is 0 Å². The molecule has 0 bridgehead atoms. The average molecular weight is 411 g/mol. The molecule has 2 aromatic carbocycles. The number of hydrogen-bond donors (Lipinski definition) is 0. The van der Waals surface area contributed by atoms with Gasteiger partial charge in [-0.25, -0.2) is 0 Å². The van der Waals surface area contributed by atoms with Gasteiger partial charge < -0.3 is 9.80 Å². The van der Waals surface area contributed by atoms with E-state index in [1.54, 1.807) is 0 Å². The lowest BCUT2D eigenvalue weighted by Crippen LogP contribution is -2.44. The zero-order valence-corrected chi connectivity index (χ0v) is 19.7.